The minimum atomic E-state index is -0.961. The molecule has 0 aliphatic heterocycles. The van der Waals surface area contributed by atoms with Gasteiger partial charge in [-0.3, -0.25) is 10.1 Å². The van der Waals surface area contributed by atoms with Gasteiger partial charge in [0.2, 0.25) is 0 Å². The lowest BCUT2D eigenvalue weighted by Gasteiger charge is -2.03. The molecule has 1 aromatic heterocycles. The van der Waals surface area contributed by atoms with Gasteiger partial charge in [0, 0.05) is 18.8 Å². The lowest BCUT2D eigenvalue weighted by molar-refractivity contribution is 0.0697. The summed E-state index contributed by atoms with van der Waals surface area (Å²) >= 11 is 0. The molecule has 2 rings (SSSR count). The molecular weight excluding hydrogens is 244 g/mol. The number of rotatable bonds is 4. The van der Waals surface area contributed by atoms with Crippen LogP contribution in [0.4, 0.5) is 5.69 Å². The van der Waals surface area contributed by atoms with E-state index in [0.29, 0.717) is 5.69 Å². The summed E-state index contributed by atoms with van der Waals surface area (Å²) in [5, 5.41) is 17.2. The van der Waals surface area contributed by atoms with Crippen molar-refractivity contribution in [2.24, 2.45) is 12.1 Å². The van der Waals surface area contributed by atoms with Crippen molar-refractivity contribution in [1.82, 2.24) is 9.78 Å². The van der Waals surface area contributed by atoms with Crippen LogP contribution in [0.15, 0.2) is 41.8 Å². The Morgan fingerprint density at radius 2 is 2.21 bits per heavy atom. The fraction of sp³-hybridized carbons (Fsp3) is 0.154. The van der Waals surface area contributed by atoms with Crippen LogP contribution in [-0.2, 0) is 7.05 Å². The van der Waals surface area contributed by atoms with Gasteiger partial charge in [-0.1, -0.05) is 6.07 Å². The number of carbonyl (C=O) groups is 1. The third-order valence-corrected chi connectivity index (χ3v) is 2.58. The third-order valence-electron chi connectivity index (χ3n) is 2.58. The Morgan fingerprint density at radius 3 is 2.84 bits per heavy atom. The van der Waals surface area contributed by atoms with Crippen LogP contribution >= 0.6 is 0 Å². The molecular formula is C13H14N4O2. The van der Waals surface area contributed by atoms with Crippen molar-refractivity contribution in [2.75, 3.05) is 5.43 Å². The quantitative estimate of drug-likeness (QED) is 0.649. The first-order valence-electron chi connectivity index (χ1n) is 5.69. The number of anilines is 1. The van der Waals surface area contributed by atoms with Gasteiger partial charge in [0.25, 0.3) is 0 Å². The molecule has 98 valence electrons. The molecule has 0 radical (unpaired) electrons. The average Bonchev–Trinajstić information content (AvgIpc) is 2.83. The predicted molar refractivity (Wildman–Crippen MR) is 72.4 cm³/mol. The molecule has 0 fully saturated rings. The molecule has 0 amide bonds. The molecule has 2 aromatic rings. The topological polar surface area (TPSA) is 79.5 Å². The van der Waals surface area contributed by atoms with Crippen LogP contribution in [0.2, 0.25) is 0 Å². The summed E-state index contributed by atoms with van der Waals surface area (Å²) in [5.74, 6) is -0.961. The second-order valence-electron chi connectivity index (χ2n) is 4.10. The van der Waals surface area contributed by atoms with Crippen molar-refractivity contribution in [3.8, 4) is 0 Å². The van der Waals surface area contributed by atoms with E-state index in [4.69, 9.17) is 5.11 Å². The van der Waals surface area contributed by atoms with E-state index < -0.39 is 5.97 Å². The van der Waals surface area contributed by atoms with Crippen molar-refractivity contribution < 1.29 is 9.90 Å². The number of nitrogens with zero attached hydrogens (tertiary/aromatic N) is 3. The van der Waals surface area contributed by atoms with Crippen LogP contribution in [0.1, 0.15) is 22.8 Å². The zero-order valence-corrected chi connectivity index (χ0v) is 10.7. The molecule has 2 N–H and O–H groups in total. The molecule has 0 unspecified atom stereocenters. The number of nitrogens with one attached hydrogen (secondary N) is 1. The number of aryl methyl sites for hydroxylation is 1. The van der Waals surface area contributed by atoms with Crippen LogP contribution in [0.3, 0.4) is 0 Å². The Balaban J connectivity index is 2.13. The highest BCUT2D eigenvalue weighted by Crippen LogP contribution is 2.11. The van der Waals surface area contributed by atoms with Gasteiger partial charge in [-0.15, -0.1) is 0 Å². The van der Waals surface area contributed by atoms with E-state index >= 15 is 0 Å². The summed E-state index contributed by atoms with van der Waals surface area (Å²) in [6.45, 7) is 1.85. The minimum absolute atomic E-state index is 0.222. The highest BCUT2D eigenvalue weighted by atomic mass is 16.4. The van der Waals surface area contributed by atoms with E-state index in [1.54, 1.807) is 23.0 Å². The second kappa shape index (κ2) is 5.34. The summed E-state index contributed by atoms with van der Waals surface area (Å²) in [5.41, 5.74) is 5.36. The molecule has 19 heavy (non-hydrogen) atoms. The number of hydrazone groups is 1. The molecule has 0 bridgehead atoms. The summed E-state index contributed by atoms with van der Waals surface area (Å²) < 4.78 is 1.69. The van der Waals surface area contributed by atoms with Gasteiger partial charge in [0.1, 0.15) is 0 Å². The molecule has 6 nitrogen and oxygen atoms in total. The molecule has 0 saturated carbocycles. The molecule has 0 atom stereocenters. The number of hydrogen-bond acceptors (Lipinski definition) is 4. The first-order valence-corrected chi connectivity index (χ1v) is 5.69. The van der Waals surface area contributed by atoms with E-state index in [2.05, 4.69) is 15.6 Å². The van der Waals surface area contributed by atoms with E-state index in [1.165, 1.54) is 12.1 Å². The molecule has 0 aliphatic rings. The standard InChI is InChI=1S/C13H14N4O2/c1-9(11-7-14-17(2)8-11)15-16-12-5-3-4-10(6-12)13(18)19/h3-8,16H,1-2H3,(H,18,19)/b15-9-. The Labute approximate surface area is 110 Å². The largest absolute Gasteiger partial charge is 0.478 e. The van der Waals surface area contributed by atoms with Gasteiger partial charge in [-0.05, 0) is 25.1 Å². The van der Waals surface area contributed by atoms with Crippen molar-refractivity contribution in [2.45, 2.75) is 6.92 Å². The Morgan fingerprint density at radius 1 is 1.42 bits per heavy atom. The van der Waals surface area contributed by atoms with E-state index in [0.717, 1.165) is 11.3 Å². The van der Waals surface area contributed by atoms with Gasteiger partial charge in [-0.25, -0.2) is 4.79 Å². The number of carboxylic acid groups (broad SMARTS) is 1. The van der Waals surface area contributed by atoms with Crippen LogP contribution in [0, 0.1) is 0 Å². The molecule has 6 heteroatoms. The van der Waals surface area contributed by atoms with E-state index in [9.17, 15) is 4.79 Å². The van der Waals surface area contributed by atoms with Crippen LogP contribution < -0.4 is 5.43 Å². The average molecular weight is 258 g/mol. The number of benzene rings is 1. The maximum Gasteiger partial charge on any atom is 0.335 e. The summed E-state index contributed by atoms with van der Waals surface area (Å²) in [7, 11) is 1.83. The number of aromatic carboxylic acids is 1. The number of aromatic nitrogens is 2. The minimum Gasteiger partial charge on any atom is -0.478 e. The van der Waals surface area contributed by atoms with Crippen molar-refractivity contribution in [3.05, 3.63) is 47.8 Å². The summed E-state index contributed by atoms with van der Waals surface area (Å²) in [6.07, 6.45) is 3.57. The lowest BCUT2D eigenvalue weighted by atomic mass is 10.2. The molecule has 1 heterocycles. The van der Waals surface area contributed by atoms with Gasteiger partial charge in [0.05, 0.1) is 23.2 Å². The maximum absolute atomic E-state index is 10.8. The van der Waals surface area contributed by atoms with Crippen LogP contribution in [0.5, 0.6) is 0 Å². The Kier molecular flexibility index (Phi) is 3.61. The highest BCUT2D eigenvalue weighted by Gasteiger charge is 2.03. The van der Waals surface area contributed by atoms with Gasteiger partial charge >= 0.3 is 5.97 Å². The zero-order chi connectivity index (χ0) is 13.8. The lowest BCUT2D eigenvalue weighted by Crippen LogP contribution is -2.00. The monoisotopic (exact) mass is 258 g/mol. The van der Waals surface area contributed by atoms with Gasteiger partial charge in [-0.2, -0.15) is 10.2 Å². The van der Waals surface area contributed by atoms with E-state index in [1.807, 2.05) is 20.2 Å². The van der Waals surface area contributed by atoms with E-state index in [-0.39, 0.29) is 5.56 Å². The molecule has 0 saturated heterocycles. The Hall–Kier alpha value is -2.63. The fourth-order valence-corrected chi connectivity index (χ4v) is 1.54. The predicted octanol–water partition coefficient (Wildman–Crippen LogP) is 1.95. The van der Waals surface area contributed by atoms with Crippen LogP contribution in [0.25, 0.3) is 0 Å². The first-order chi connectivity index (χ1) is 9.06. The second-order valence-corrected chi connectivity index (χ2v) is 4.10. The highest BCUT2D eigenvalue weighted by molar-refractivity contribution is 5.98. The Bertz CT molecular complexity index is 631. The van der Waals surface area contributed by atoms with Crippen molar-refractivity contribution in [3.63, 3.8) is 0 Å². The maximum atomic E-state index is 10.8. The normalized spacial score (nSPS) is 11.4. The third kappa shape index (κ3) is 3.19. The molecule has 0 aliphatic carbocycles. The molecule has 1 aromatic carbocycles. The number of carboxylic acids is 1. The first kappa shape index (κ1) is 12.8. The van der Waals surface area contributed by atoms with Gasteiger partial charge < -0.3 is 5.11 Å². The molecule has 0 spiro atoms. The van der Waals surface area contributed by atoms with Crippen LogP contribution in [-0.4, -0.2) is 26.6 Å². The zero-order valence-electron chi connectivity index (χ0n) is 10.7. The van der Waals surface area contributed by atoms with Crippen molar-refractivity contribution in [1.29, 1.82) is 0 Å². The van der Waals surface area contributed by atoms with Gasteiger partial charge in [0.15, 0.2) is 0 Å². The summed E-state index contributed by atoms with van der Waals surface area (Å²) in [6, 6.07) is 6.49. The number of hydrogen-bond donors (Lipinski definition) is 2. The SMILES string of the molecule is C/C(=N/Nc1cccc(C(=O)O)c1)c1cnn(C)c1. The fourth-order valence-electron chi connectivity index (χ4n) is 1.54. The van der Waals surface area contributed by atoms with Crippen molar-refractivity contribution >= 4 is 17.4 Å². The summed E-state index contributed by atoms with van der Waals surface area (Å²) in [4.78, 5) is 10.8. The smallest absolute Gasteiger partial charge is 0.335 e.